The Balaban J connectivity index is 2.09. The number of ether oxygens (including phenoxy) is 1. The van der Waals surface area contributed by atoms with Gasteiger partial charge < -0.3 is 4.74 Å². The summed E-state index contributed by atoms with van der Waals surface area (Å²) in [6.45, 7) is 0.932. The van der Waals surface area contributed by atoms with E-state index in [1.54, 1.807) is 12.1 Å². The second-order valence-corrected chi connectivity index (χ2v) is 5.41. The van der Waals surface area contributed by atoms with Crippen LogP contribution in [0, 0.1) is 0 Å². The highest BCUT2D eigenvalue weighted by Crippen LogP contribution is 2.21. The van der Waals surface area contributed by atoms with Crippen LogP contribution in [0.2, 0.25) is 5.15 Å². The molecule has 3 rings (SSSR count). The molecule has 1 aliphatic heterocycles. The highest BCUT2D eigenvalue weighted by atomic mass is 35.5. The van der Waals surface area contributed by atoms with Crippen LogP contribution in [0.25, 0.3) is 11.1 Å². The smallest absolute Gasteiger partial charge is 0.329 e. The number of hydrogen-bond acceptors (Lipinski definition) is 3. The molecule has 1 aromatic heterocycles. The Morgan fingerprint density at radius 1 is 1.29 bits per heavy atom. The monoisotopic (exact) mass is 306 g/mol. The number of H-pyrrole nitrogens is 1. The normalized spacial score (nSPS) is 18.0. The molecule has 1 saturated heterocycles. The van der Waals surface area contributed by atoms with Gasteiger partial charge >= 0.3 is 5.69 Å². The van der Waals surface area contributed by atoms with Crippen LogP contribution in [-0.4, -0.2) is 22.3 Å². The molecule has 0 amide bonds. The molecule has 0 aliphatic carbocycles. The lowest BCUT2D eigenvalue weighted by molar-refractivity contribution is 0.0951. The zero-order chi connectivity index (χ0) is 14.8. The molecule has 0 saturated carbocycles. The summed E-state index contributed by atoms with van der Waals surface area (Å²) in [6, 6.07) is 9.07. The first-order chi connectivity index (χ1) is 10.2. The van der Waals surface area contributed by atoms with Gasteiger partial charge in [0.2, 0.25) is 0 Å². The van der Waals surface area contributed by atoms with Crippen LogP contribution < -0.4 is 11.2 Å². The zero-order valence-electron chi connectivity index (χ0n) is 11.3. The van der Waals surface area contributed by atoms with Crippen molar-refractivity contribution >= 4 is 11.6 Å². The van der Waals surface area contributed by atoms with E-state index in [2.05, 4.69) is 4.98 Å². The molecule has 1 atom stereocenters. The van der Waals surface area contributed by atoms with E-state index in [-0.39, 0.29) is 23.4 Å². The summed E-state index contributed by atoms with van der Waals surface area (Å²) in [7, 11) is 0. The molecule has 1 aliphatic rings. The second-order valence-electron chi connectivity index (χ2n) is 5.04. The largest absolute Gasteiger partial charge is 0.376 e. The average Bonchev–Trinajstić information content (AvgIpc) is 2.97. The van der Waals surface area contributed by atoms with Crippen LogP contribution in [0.3, 0.4) is 0 Å². The summed E-state index contributed by atoms with van der Waals surface area (Å²) >= 11 is 6.06. The van der Waals surface area contributed by atoms with Gasteiger partial charge in [0.05, 0.1) is 18.2 Å². The van der Waals surface area contributed by atoms with Crippen LogP contribution in [0.1, 0.15) is 12.8 Å². The summed E-state index contributed by atoms with van der Waals surface area (Å²) in [6.07, 6.45) is 1.72. The van der Waals surface area contributed by atoms with E-state index >= 15 is 0 Å². The van der Waals surface area contributed by atoms with E-state index < -0.39 is 5.69 Å². The fraction of sp³-hybridized carbons (Fsp3) is 0.333. The van der Waals surface area contributed by atoms with Crippen molar-refractivity contribution in [3.8, 4) is 11.1 Å². The van der Waals surface area contributed by atoms with Crippen LogP contribution in [0.5, 0.6) is 0 Å². The molecule has 0 bridgehead atoms. The van der Waals surface area contributed by atoms with E-state index in [0.29, 0.717) is 17.7 Å². The minimum Gasteiger partial charge on any atom is -0.376 e. The number of halogens is 1. The van der Waals surface area contributed by atoms with Crippen LogP contribution in [0.15, 0.2) is 39.9 Å². The molecular weight excluding hydrogens is 292 g/mol. The molecule has 6 heteroatoms. The predicted octanol–water partition coefficient (Wildman–Crippen LogP) is 2.04. The van der Waals surface area contributed by atoms with Gasteiger partial charge in [0.15, 0.2) is 0 Å². The van der Waals surface area contributed by atoms with Crippen LogP contribution >= 0.6 is 11.6 Å². The summed E-state index contributed by atoms with van der Waals surface area (Å²) < 4.78 is 6.67. The molecule has 1 fully saturated rings. The summed E-state index contributed by atoms with van der Waals surface area (Å²) in [4.78, 5) is 27.1. The Labute approximate surface area is 126 Å². The minimum atomic E-state index is -0.500. The van der Waals surface area contributed by atoms with Crippen molar-refractivity contribution in [1.29, 1.82) is 0 Å². The maximum Gasteiger partial charge on any atom is 0.329 e. The van der Waals surface area contributed by atoms with Gasteiger partial charge in [0, 0.05) is 6.61 Å². The van der Waals surface area contributed by atoms with Gasteiger partial charge in [-0.1, -0.05) is 41.9 Å². The van der Waals surface area contributed by atoms with Gasteiger partial charge in [-0.05, 0) is 18.4 Å². The van der Waals surface area contributed by atoms with Crippen molar-refractivity contribution in [2.45, 2.75) is 25.5 Å². The Kier molecular flexibility index (Phi) is 3.94. The van der Waals surface area contributed by atoms with Gasteiger partial charge in [-0.3, -0.25) is 14.3 Å². The highest BCUT2D eigenvalue weighted by molar-refractivity contribution is 6.32. The molecule has 0 radical (unpaired) electrons. The van der Waals surface area contributed by atoms with E-state index in [4.69, 9.17) is 16.3 Å². The predicted molar refractivity (Wildman–Crippen MR) is 80.7 cm³/mol. The number of aromatic amines is 1. The molecule has 0 spiro atoms. The molecular formula is C15H15ClN2O3. The van der Waals surface area contributed by atoms with Crippen molar-refractivity contribution in [3.05, 3.63) is 56.3 Å². The molecule has 2 aromatic rings. The van der Waals surface area contributed by atoms with Gasteiger partial charge in [-0.25, -0.2) is 4.79 Å². The number of nitrogens with one attached hydrogen (secondary N) is 1. The standard InChI is InChI=1S/C15H15ClN2O3/c16-13-12(10-5-2-1-3-6-10)14(19)18(15(20)17-13)9-11-7-4-8-21-11/h1-3,5-6,11H,4,7-9H2,(H,17,20). The maximum atomic E-state index is 12.6. The maximum absolute atomic E-state index is 12.6. The Morgan fingerprint density at radius 3 is 2.71 bits per heavy atom. The number of rotatable bonds is 3. The average molecular weight is 307 g/mol. The highest BCUT2D eigenvalue weighted by Gasteiger charge is 2.20. The van der Waals surface area contributed by atoms with Gasteiger partial charge in [-0.2, -0.15) is 0 Å². The lowest BCUT2D eigenvalue weighted by atomic mass is 10.1. The number of benzene rings is 1. The molecule has 2 heterocycles. The third kappa shape index (κ3) is 2.80. The lowest BCUT2D eigenvalue weighted by Crippen LogP contribution is -2.39. The molecule has 1 unspecified atom stereocenters. The Bertz CT molecular complexity index is 746. The van der Waals surface area contributed by atoms with Crippen molar-refractivity contribution in [2.75, 3.05) is 6.61 Å². The second kappa shape index (κ2) is 5.87. The summed E-state index contributed by atoms with van der Waals surface area (Å²) in [5.41, 5.74) is 0.116. The number of aromatic nitrogens is 2. The lowest BCUT2D eigenvalue weighted by Gasteiger charge is -2.13. The summed E-state index contributed by atoms with van der Waals surface area (Å²) in [5, 5.41) is 0.0693. The van der Waals surface area contributed by atoms with E-state index in [0.717, 1.165) is 12.8 Å². The first-order valence-electron chi connectivity index (χ1n) is 6.86. The minimum absolute atomic E-state index is 0.0693. The van der Waals surface area contributed by atoms with Gasteiger partial charge in [0.25, 0.3) is 5.56 Å². The van der Waals surface area contributed by atoms with Gasteiger partial charge in [-0.15, -0.1) is 0 Å². The van der Waals surface area contributed by atoms with Gasteiger partial charge in [0.1, 0.15) is 5.15 Å². The molecule has 21 heavy (non-hydrogen) atoms. The first kappa shape index (κ1) is 14.1. The third-order valence-electron chi connectivity index (χ3n) is 3.61. The zero-order valence-corrected chi connectivity index (χ0v) is 12.1. The Morgan fingerprint density at radius 2 is 2.05 bits per heavy atom. The van der Waals surface area contributed by atoms with Crippen LogP contribution in [-0.2, 0) is 11.3 Å². The summed E-state index contributed by atoms with van der Waals surface area (Å²) in [5.74, 6) is 0. The number of hydrogen-bond donors (Lipinski definition) is 1. The van der Waals surface area contributed by atoms with E-state index in [1.165, 1.54) is 4.57 Å². The van der Waals surface area contributed by atoms with E-state index in [1.807, 2.05) is 18.2 Å². The fourth-order valence-corrected chi connectivity index (χ4v) is 2.83. The van der Waals surface area contributed by atoms with Crippen LogP contribution in [0.4, 0.5) is 0 Å². The van der Waals surface area contributed by atoms with Crippen molar-refractivity contribution < 1.29 is 4.74 Å². The van der Waals surface area contributed by atoms with Crippen molar-refractivity contribution in [2.24, 2.45) is 0 Å². The van der Waals surface area contributed by atoms with E-state index in [9.17, 15) is 9.59 Å². The molecule has 110 valence electrons. The fourth-order valence-electron chi connectivity index (χ4n) is 2.56. The first-order valence-corrected chi connectivity index (χ1v) is 7.24. The van der Waals surface area contributed by atoms with Crippen molar-refractivity contribution in [3.63, 3.8) is 0 Å². The third-order valence-corrected chi connectivity index (χ3v) is 3.90. The Hall–Kier alpha value is -1.85. The topological polar surface area (TPSA) is 64.1 Å². The quantitative estimate of drug-likeness (QED) is 0.883. The van der Waals surface area contributed by atoms with Crippen molar-refractivity contribution in [1.82, 2.24) is 9.55 Å². The molecule has 5 nitrogen and oxygen atoms in total. The SMILES string of the molecule is O=c1[nH]c(Cl)c(-c2ccccc2)c(=O)n1CC1CCCO1. The number of nitrogens with zero attached hydrogens (tertiary/aromatic N) is 1. The molecule has 1 N–H and O–H groups in total. The molecule has 1 aromatic carbocycles.